The van der Waals surface area contributed by atoms with E-state index in [0.29, 0.717) is 6.54 Å². The van der Waals surface area contributed by atoms with Crippen LogP contribution in [0.25, 0.3) is 0 Å². The standard InChI is InChI=1S/C20H25N5O4S/c1-3-25(2)19(26)16-11-17(23-22-16)30(28,29)24-20(27)21-18-14-8-4-6-12(14)10-13-7-5-9-15(13)18/h10-11H,3-9H2,1-2H3,(H,22,23)(H2,21,24,27). The number of aromatic amines is 1. The molecule has 0 spiro atoms. The summed E-state index contributed by atoms with van der Waals surface area (Å²) in [7, 11) is -2.61. The number of aryl methyl sites for hydroxylation is 2. The number of rotatable bonds is 5. The number of carbonyl (C=O) groups is 2. The third-order valence-corrected chi connectivity index (χ3v) is 7.06. The Bertz CT molecular complexity index is 1090. The van der Waals surface area contributed by atoms with Crippen LogP contribution in [0.3, 0.4) is 0 Å². The zero-order valence-electron chi connectivity index (χ0n) is 17.0. The van der Waals surface area contributed by atoms with E-state index in [4.69, 9.17) is 0 Å². The number of amides is 3. The average Bonchev–Trinajstić information content (AvgIpc) is 3.45. The number of nitrogens with one attached hydrogen (secondary N) is 3. The lowest BCUT2D eigenvalue weighted by Crippen LogP contribution is -2.35. The number of urea groups is 1. The van der Waals surface area contributed by atoms with E-state index in [9.17, 15) is 18.0 Å². The van der Waals surface area contributed by atoms with E-state index in [1.165, 1.54) is 16.0 Å². The smallest absolute Gasteiger partial charge is 0.333 e. The maximum atomic E-state index is 12.6. The molecular weight excluding hydrogens is 406 g/mol. The van der Waals surface area contributed by atoms with Gasteiger partial charge >= 0.3 is 6.03 Å². The van der Waals surface area contributed by atoms with Crippen LogP contribution in [0.1, 0.15) is 52.5 Å². The second-order valence-corrected chi connectivity index (χ2v) is 9.38. The van der Waals surface area contributed by atoms with E-state index in [2.05, 4.69) is 21.6 Å². The van der Waals surface area contributed by atoms with Gasteiger partial charge in [-0.3, -0.25) is 9.89 Å². The molecular formula is C20H25N5O4S. The first-order valence-corrected chi connectivity index (χ1v) is 11.6. The molecule has 0 unspecified atom stereocenters. The van der Waals surface area contributed by atoms with Crippen molar-refractivity contribution >= 4 is 27.6 Å². The molecule has 0 atom stereocenters. The molecule has 0 saturated heterocycles. The number of aromatic nitrogens is 2. The number of hydrogen-bond donors (Lipinski definition) is 3. The van der Waals surface area contributed by atoms with Gasteiger partial charge in [-0.05, 0) is 67.7 Å². The SMILES string of the molecule is CCN(C)C(=O)c1cc(S(=O)(=O)NC(=O)Nc2c3c(cc4c2CCC4)CCC3)[nH]n1. The second-order valence-electron chi connectivity index (χ2n) is 7.73. The molecule has 0 fully saturated rings. The van der Waals surface area contributed by atoms with Crippen molar-refractivity contribution in [3.63, 3.8) is 0 Å². The fraction of sp³-hybridized carbons (Fsp3) is 0.450. The van der Waals surface area contributed by atoms with Crippen molar-refractivity contribution in [2.24, 2.45) is 0 Å². The van der Waals surface area contributed by atoms with Crippen molar-refractivity contribution in [1.29, 1.82) is 0 Å². The van der Waals surface area contributed by atoms with Crippen LogP contribution in [-0.4, -0.2) is 49.0 Å². The number of nitrogens with zero attached hydrogens (tertiary/aromatic N) is 2. The van der Waals surface area contributed by atoms with Gasteiger partial charge in [0.05, 0.1) is 0 Å². The van der Waals surface area contributed by atoms with Crippen molar-refractivity contribution in [2.45, 2.75) is 50.5 Å². The summed E-state index contributed by atoms with van der Waals surface area (Å²) in [5.41, 5.74) is 5.44. The zero-order valence-corrected chi connectivity index (χ0v) is 17.9. The third kappa shape index (κ3) is 3.67. The fourth-order valence-electron chi connectivity index (χ4n) is 4.17. The number of benzene rings is 1. The van der Waals surface area contributed by atoms with E-state index in [1.807, 2.05) is 4.72 Å². The van der Waals surface area contributed by atoms with E-state index in [1.54, 1.807) is 14.0 Å². The summed E-state index contributed by atoms with van der Waals surface area (Å²) in [5.74, 6) is -0.407. The van der Waals surface area contributed by atoms with Gasteiger partial charge in [-0.25, -0.2) is 9.52 Å². The Morgan fingerprint density at radius 3 is 2.33 bits per heavy atom. The van der Waals surface area contributed by atoms with Crippen LogP contribution >= 0.6 is 0 Å². The highest BCUT2D eigenvalue weighted by atomic mass is 32.2. The molecule has 0 radical (unpaired) electrons. The second kappa shape index (κ2) is 7.75. The topological polar surface area (TPSA) is 124 Å². The first-order chi connectivity index (χ1) is 14.3. The third-order valence-electron chi connectivity index (χ3n) is 5.82. The summed E-state index contributed by atoms with van der Waals surface area (Å²) < 4.78 is 27.2. The van der Waals surface area contributed by atoms with Crippen molar-refractivity contribution < 1.29 is 18.0 Å². The fourth-order valence-corrected chi connectivity index (χ4v) is 5.01. The summed E-state index contributed by atoms with van der Waals surface area (Å²) in [6.07, 6.45) is 5.78. The number of sulfonamides is 1. The van der Waals surface area contributed by atoms with Gasteiger partial charge in [0.15, 0.2) is 10.7 Å². The summed E-state index contributed by atoms with van der Waals surface area (Å²) >= 11 is 0. The molecule has 0 aliphatic heterocycles. The number of anilines is 1. The molecule has 3 amide bonds. The normalized spacial score (nSPS) is 14.9. The Hall–Kier alpha value is -2.88. The lowest BCUT2D eigenvalue weighted by molar-refractivity contribution is 0.0796. The highest BCUT2D eigenvalue weighted by Gasteiger charge is 2.27. The van der Waals surface area contributed by atoms with Gasteiger partial charge in [0, 0.05) is 25.3 Å². The molecule has 3 N–H and O–H groups in total. The van der Waals surface area contributed by atoms with E-state index >= 15 is 0 Å². The first kappa shape index (κ1) is 20.4. The highest BCUT2D eigenvalue weighted by molar-refractivity contribution is 7.90. The van der Waals surface area contributed by atoms with Crippen molar-refractivity contribution in [2.75, 3.05) is 18.9 Å². The van der Waals surface area contributed by atoms with Gasteiger partial charge in [0.1, 0.15) is 0 Å². The molecule has 2 aromatic rings. The number of H-pyrrole nitrogens is 1. The van der Waals surface area contributed by atoms with Gasteiger partial charge in [-0.1, -0.05) is 6.07 Å². The summed E-state index contributed by atoms with van der Waals surface area (Å²) in [6.45, 7) is 2.26. The van der Waals surface area contributed by atoms with Crippen LogP contribution in [0.2, 0.25) is 0 Å². The number of hydrogen-bond acceptors (Lipinski definition) is 5. The largest absolute Gasteiger partial charge is 0.341 e. The molecule has 30 heavy (non-hydrogen) atoms. The number of fused-ring (bicyclic) bond motifs is 2. The quantitative estimate of drug-likeness (QED) is 0.668. The van der Waals surface area contributed by atoms with E-state index < -0.39 is 22.0 Å². The van der Waals surface area contributed by atoms with Crippen LogP contribution < -0.4 is 10.0 Å². The summed E-state index contributed by atoms with van der Waals surface area (Å²) in [5, 5.41) is 8.55. The molecule has 0 bridgehead atoms. The Kier molecular flexibility index (Phi) is 5.27. The van der Waals surface area contributed by atoms with Crippen LogP contribution in [0.4, 0.5) is 10.5 Å². The Morgan fingerprint density at radius 1 is 1.10 bits per heavy atom. The Labute approximate surface area is 175 Å². The van der Waals surface area contributed by atoms with Crippen molar-refractivity contribution in [3.05, 3.63) is 40.1 Å². The average molecular weight is 432 g/mol. The van der Waals surface area contributed by atoms with Gasteiger partial charge in [-0.15, -0.1) is 0 Å². The number of carbonyl (C=O) groups excluding carboxylic acids is 2. The zero-order chi connectivity index (χ0) is 21.5. The molecule has 1 aromatic heterocycles. The minimum atomic E-state index is -4.20. The Morgan fingerprint density at radius 2 is 1.73 bits per heavy atom. The maximum absolute atomic E-state index is 12.6. The van der Waals surface area contributed by atoms with E-state index in [0.717, 1.165) is 61.4 Å². The molecule has 0 saturated carbocycles. The van der Waals surface area contributed by atoms with Crippen LogP contribution in [0, 0.1) is 0 Å². The molecule has 2 aliphatic rings. The summed E-state index contributed by atoms with van der Waals surface area (Å²) in [6, 6.07) is 2.54. The van der Waals surface area contributed by atoms with Crippen LogP contribution in [-0.2, 0) is 35.7 Å². The van der Waals surface area contributed by atoms with Gasteiger partial charge in [0.25, 0.3) is 15.9 Å². The molecule has 160 valence electrons. The predicted molar refractivity (Wildman–Crippen MR) is 111 cm³/mol. The minimum Gasteiger partial charge on any atom is -0.341 e. The molecule has 1 aromatic carbocycles. The van der Waals surface area contributed by atoms with Gasteiger partial charge in [0.2, 0.25) is 0 Å². The van der Waals surface area contributed by atoms with Gasteiger partial charge in [-0.2, -0.15) is 13.5 Å². The molecule has 9 nitrogen and oxygen atoms in total. The molecule has 4 rings (SSSR count). The van der Waals surface area contributed by atoms with Crippen molar-refractivity contribution in [3.8, 4) is 0 Å². The first-order valence-electron chi connectivity index (χ1n) is 10.1. The van der Waals surface area contributed by atoms with Crippen LogP contribution in [0.15, 0.2) is 17.2 Å². The molecule has 1 heterocycles. The van der Waals surface area contributed by atoms with Crippen molar-refractivity contribution in [1.82, 2.24) is 19.8 Å². The van der Waals surface area contributed by atoms with E-state index in [-0.39, 0.29) is 10.7 Å². The molecule has 10 heteroatoms. The van der Waals surface area contributed by atoms with Crippen LogP contribution in [0.5, 0.6) is 0 Å². The van der Waals surface area contributed by atoms with Gasteiger partial charge < -0.3 is 10.2 Å². The summed E-state index contributed by atoms with van der Waals surface area (Å²) in [4.78, 5) is 26.1. The lowest BCUT2D eigenvalue weighted by atomic mass is 9.99. The molecule has 2 aliphatic carbocycles. The lowest BCUT2D eigenvalue weighted by Gasteiger charge is -2.16. The highest BCUT2D eigenvalue weighted by Crippen LogP contribution is 2.38. The minimum absolute atomic E-state index is 0.0289. The maximum Gasteiger partial charge on any atom is 0.333 e. The Balaban J connectivity index is 1.53. The predicted octanol–water partition coefficient (Wildman–Crippen LogP) is 1.99. The monoisotopic (exact) mass is 431 g/mol.